The van der Waals surface area contributed by atoms with E-state index in [1.54, 1.807) is 19.1 Å². The fraction of sp³-hybridized carbons (Fsp3) is 0.231. The molecule has 94 valence electrons. The maximum atomic E-state index is 13.1. The molecule has 1 heterocycles. The van der Waals surface area contributed by atoms with E-state index in [2.05, 4.69) is 9.97 Å². The summed E-state index contributed by atoms with van der Waals surface area (Å²) in [5, 5.41) is 0. The summed E-state index contributed by atoms with van der Waals surface area (Å²) in [5.74, 6) is 1.60. The molecule has 0 fully saturated rings. The van der Waals surface area contributed by atoms with Gasteiger partial charge in [-0.2, -0.15) is 4.98 Å². The summed E-state index contributed by atoms with van der Waals surface area (Å²) >= 11 is 0. The molecule has 0 aliphatic rings. The molecule has 2 rings (SSSR count). The second-order valence-electron chi connectivity index (χ2n) is 3.91. The van der Waals surface area contributed by atoms with Crippen LogP contribution in [0.1, 0.15) is 18.3 Å². The van der Waals surface area contributed by atoms with E-state index in [0.717, 1.165) is 0 Å². The number of aryl methyl sites for hydroxylation is 2. The van der Waals surface area contributed by atoms with Gasteiger partial charge in [0.1, 0.15) is 23.2 Å². The number of nitrogens with two attached hydrogens (primary N) is 1. The van der Waals surface area contributed by atoms with Crippen LogP contribution in [0.2, 0.25) is 0 Å². The van der Waals surface area contributed by atoms with Crippen molar-refractivity contribution in [3.8, 4) is 11.6 Å². The van der Waals surface area contributed by atoms with Crippen molar-refractivity contribution >= 4 is 5.82 Å². The summed E-state index contributed by atoms with van der Waals surface area (Å²) in [6.07, 6.45) is 0.670. The number of anilines is 1. The molecule has 2 N–H and O–H groups in total. The van der Waals surface area contributed by atoms with Gasteiger partial charge in [0.15, 0.2) is 0 Å². The first-order valence-corrected chi connectivity index (χ1v) is 5.66. The summed E-state index contributed by atoms with van der Waals surface area (Å²) in [6.45, 7) is 3.61. The van der Waals surface area contributed by atoms with E-state index in [1.807, 2.05) is 6.92 Å². The molecule has 0 spiro atoms. The van der Waals surface area contributed by atoms with Crippen LogP contribution in [-0.4, -0.2) is 9.97 Å². The van der Waals surface area contributed by atoms with Crippen molar-refractivity contribution in [2.24, 2.45) is 0 Å². The Hall–Kier alpha value is -2.17. The lowest BCUT2D eigenvalue weighted by Gasteiger charge is -2.07. The molecule has 0 bridgehead atoms. The fourth-order valence-electron chi connectivity index (χ4n) is 1.50. The van der Waals surface area contributed by atoms with E-state index in [9.17, 15) is 4.39 Å². The first kappa shape index (κ1) is 12.3. The highest BCUT2D eigenvalue weighted by molar-refractivity contribution is 5.37. The molecule has 0 amide bonds. The van der Waals surface area contributed by atoms with Gasteiger partial charge in [0.25, 0.3) is 0 Å². The summed E-state index contributed by atoms with van der Waals surface area (Å²) in [7, 11) is 0. The van der Waals surface area contributed by atoms with Gasteiger partial charge in [-0.15, -0.1) is 0 Å². The molecule has 18 heavy (non-hydrogen) atoms. The number of nitrogen functional groups attached to an aromatic ring is 1. The average molecular weight is 247 g/mol. The molecular formula is C13H14FN3O. The molecular weight excluding hydrogens is 233 g/mol. The van der Waals surface area contributed by atoms with E-state index in [4.69, 9.17) is 10.5 Å². The standard InChI is InChI=1S/C13H14FN3O/c1-3-12-16-11(15)7-13(17-12)18-9-4-5-10(14)8(2)6-9/h4-7H,3H2,1-2H3,(H2,15,16,17). The number of benzene rings is 1. The van der Waals surface area contributed by atoms with Gasteiger partial charge in [-0.1, -0.05) is 6.92 Å². The van der Waals surface area contributed by atoms with Crippen molar-refractivity contribution in [2.75, 3.05) is 5.73 Å². The quantitative estimate of drug-likeness (QED) is 0.905. The molecule has 0 unspecified atom stereocenters. The third-order valence-electron chi connectivity index (χ3n) is 2.44. The lowest BCUT2D eigenvalue weighted by Crippen LogP contribution is -2.00. The predicted octanol–water partition coefficient (Wildman–Crippen LogP) is 2.86. The SMILES string of the molecule is CCc1nc(N)cc(Oc2ccc(F)c(C)c2)n1. The molecule has 0 saturated heterocycles. The van der Waals surface area contributed by atoms with E-state index < -0.39 is 0 Å². The van der Waals surface area contributed by atoms with Gasteiger partial charge in [0.05, 0.1) is 0 Å². The van der Waals surface area contributed by atoms with Crippen molar-refractivity contribution in [3.05, 3.63) is 41.5 Å². The molecule has 0 aliphatic carbocycles. The van der Waals surface area contributed by atoms with Gasteiger partial charge in [-0.05, 0) is 30.7 Å². The summed E-state index contributed by atoms with van der Waals surface area (Å²) < 4.78 is 18.7. The Morgan fingerprint density at radius 2 is 2.06 bits per heavy atom. The minimum absolute atomic E-state index is 0.265. The Morgan fingerprint density at radius 1 is 1.28 bits per heavy atom. The molecule has 0 radical (unpaired) electrons. The van der Waals surface area contributed by atoms with Crippen LogP contribution in [0.3, 0.4) is 0 Å². The number of aromatic nitrogens is 2. The topological polar surface area (TPSA) is 61.0 Å². The third-order valence-corrected chi connectivity index (χ3v) is 2.44. The van der Waals surface area contributed by atoms with Crippen LogP contribution < -0.4 is 10.5 Å². The van der Waals surface area contributed by atoms with Crippen LogP contribution in [-0.2, 0) is 6.42 Å². The second-order valence-corrected chi connectivity index (χ2v) is 3.91. The van der Waals surface area contributed by atoms with Gasteiger partial charge >= 0.3 is 0 Å². The fourth-order valence-corrected chi connectivity index (χ4v) is 1.50. The third kappa shape index (κ3) is 2.74. The lowest BCUT2D eigenvalue weighted by atomic mass is 10.2. The zero-order valence-electron chi connectivity index (χ0n) is 10.3. The molecule has 0 atom stereocenters. The maximum Gasteiger partial charge on any atom is 0.224 e. The van der Waals surface area contributed by atoms with E-state index in [1.165, 1.54) is 12.1 Å². The Balaban J connectivity index is 2.27. The van der Waals surface area contributed by atoms with Gasteiger partial charge in [0.2, 0.25) is 5.88 Å². The summed E-state index contributed by atoms with van der Waals surface area (Å²) in [5.41, 5.74) is 6.17. The minimum Gasteiger partial charge on any atom is -0.439 e. The van der Waals surface area contributed by atoms with Crippen LogP contribution in [0.4, 0.5) is 10.2 Å². The highest BCUT2D eigenvalue weighted by Crippen LogP contribution is 2.23. The van der Waals surface area contributed by atoms with Gasteiger partial charge in [0, 0.05) is 12.5 Å². The number of halogens is 1. The summed E-state index contributed by atoms with van der Waals surface area (Å²) in [4.78, 5) is 8.24. The molecule has 1 aromatic heterocycles. The van der Waals surface area contributed by atoms with E-state index in [0.29, 0.717) is 35.3 Å². The first-order valence-electron chi connectivity index (χ1n) is 5.66. The second kappa shape index (κ2) is 5.00. The van der Waals surface area contributed by atoms with Crippen molar-refractivity contribution in [3.63, 3.8) is 0 Å². The van der Waals surface area contributed by atoms with Gasteiger partial charge < -0.3 is 10.5 Å². The van der Waals surface area contributed by atoms with Gasteiger partial charge in [-0.25, -0.2) is 9.37 Å². The average Bonchev–Trinajstić information content (AvgIpc) is 2.33. The number of nitrogens with zero attached hydrogens (tertiary/aromatic N) is 2. The zero-order valence-corrected chi connectivity index (χ0v) is 10.3. The number of hydrogen-bond donors (Lipinski definition) is 1. The van der Waals surface area contributed by atoms with Crippen LogP contribution >= 0.6 is 0 Å². The van der Waals surface area contributed by atoms with Gasteiger partial charge in [-0.3, -0.25) is 0 Å². The van der Waals surface area contributed by atoms with Crippen molar-refractivity contribution in [1.82, 2.24) is 9.97 Å². The number of ether oxygens (including phenoxy) is 1. The van der Waals surface area contributed by atoms with E-state index >= 15 is 0 Å². The Bertz CT molecular complexity index is 572. The molecule has 5 heteroatoms. The highest BCUT2D eigenvalue weighted by atomic mass is 19.1. The van der Waals surface area contributed by atoms with Crippen LogP contribution in [0.25, 0.3) is 0 Å². The van der Waals surface area contributed by atoms with E-state index in [-0.39, 0.29) is 5.82 Å². The molecule has 0 saturated carbocycles. The Morgan fingerprint density at radius 3 is 2.72 bits per heavy atom. The Labute approximate surface area is 105 Å². The van der Waals surface area contributed by atoms with Crippen molar-refractivity contribution in [2.45, 2.75) is 20.3 Å². The van der Waals surface area contributed by atoms with Crippen LogP contribution in [0.15, 0.2) is 24.3 Å². The Kier molecular flexibility index (Phi) is 3.41. The smallest absolute Gasteiger partial charge is 0.224 e. The molecule has 0 aliphatic heterocycles. The van der Waals surface area contributed by atoms with Crippen molar-refractivity contribution < 1.29 is 9.13 Å². The van der Waals surface area contributed by atoms with Crippen LogP contribution in [0.5, 0.6) is 11.6 Å². The largest absolute Gasteiger partial charge is 0.439 e. The summed E-state index contributed by atoms with van der Waals surface area (Å²) in [6, 6.07) is 6.05. The van der Waals surface area contributed by atoms with Crippen molar-refractivity contribution in [1.29, 1.82) is 0 Å². The maximum absolute atomic E-state index is 13.1. The molecule has 1 aromatic carbocycles. The minimum atomic E-state index is -0.265. The zero-order chi connectivity index (χ0) is 13.1. The molecule has 4 nitrogen and oxygen atoms in total. The highest BCUT2D eigenvalue weighted by Gasteiger charge is 2.05. The normalized spacial score (nSPS) is 10.4. The lowest BCUT2D eigenvalue weighted by molar-refractivity contribution is 0.457. The first-order chi connectivity index (χ1) is 8.58. The number of rotatable bonds is 3. The number of hydrogen-bond acceptors (Lipinski definition) is 4. The van der Waals surface area contributed by atoms with Crippen LogP contribution in [0, 0.1) is 12.7 Å². The molecule has 2 aromatic rings. The predicted molar refractivity (Wildman–Crippen MR) is 67.0 cm³/mol. The monoisotopic (exact) mass is 247 g/mol.